The van der Waals surface area contributed by atoms with E-state index in [4.69, 9.17) is 0 Å². The minimum absolute atomic E-state index is 0.200. The number of benzene rings is 1. The van der Waals surface area contributed by atoms with Crippen LogP contribution in [0.4, 0.5) is 16.3 Å². The molecule has 1 saturated heterocycles. The van der Waals surface area contributed by atoms with E-state index in [0.717, 1.165) is 42.1 Å². The molecule has 0 spiro atoms. The quantitative estimate of drug-likeness (QED) is 0.629. The molecule has 0 radical (unpaired) electrons. The van der Waals surface area contributed by atoms with Crippen molar-refractivity contribution in [1.29, 1.82) is 0 Å². The van der Waals surface area contributed by atoms with Crippen molar-refractivity contribution in [2.45, 2.75) is 56.7 Å². The number of aromatic nitrogens is 1. The zero-order chi connectivity index (χ0) is 19.9. The number of anilines is 2. The summed E-state index contributed by atoms with van der Waals surface area (Å²) in [5.41, 5.74) is 2.91. The number of urea groups is 1. The third-order valence-corrected chi connectivity index (χ3v) is 6.31. The lowest BCUT2D eigenvalue weighted by Crippen LogP contribution is -2.28. The Morgan fingerprint density at radius 3 is 2.68 bits per heavy atom. The third kappa shape index (κ3) is 5.64. The van der Waals surface area contributed by atoms with Gasteiger partial charge in [-0.2, -0.15) is 0 Å². The normalized spacial score (nSPS) is 14.8. The van der Waals surface area contributed by atoms with Crippen LogP contribution in [0.3, 0.4) is 0 Å². The second kappa shape index (κ2) is 9.82. The first kappa shape index (κ1) is 20.5. The highest BCUT2D eigenvalue weighted by atomic mass is 32.2. The van der Waals surface area contributed by atoms with Gasteiger partial charge in [-0.05, 0) is 61.6 Å². The van der Waals surface area contributed by atoms with Gasteiger partial charge < -0.3 is 15.5 Å². The minimum atomic E-state index is -0.200. The van der Waals surface area contributed by atoms with Gasteiger partial charge in [0.15, 0.2) is 0 Å². The number of hydrogen-bond donors (Lipinski definition) is 2. The highest BCUT2D eigenvalue weighted by Crippen LogP contribution is 2.28. The molecule has 2 N–H and O–H groups in total. The van der Waals surface area contributed by atoms with Gasteiger partial charge in [0.2, 0.25) is 0 Å². The van der Waals surface area contributed by atoms with Gasteiger partial charge in [-0.3, -0.25) is 0 Å². The molecule has 0 saturated carbocycles. The third-order valence-electron chi connectivity index (χ3n) is 5.05. The molecule has 1 aromatic heterocycles. The van der Waals surface area contributed by atoms with Crippen molar-refractivity contribution in [3.05, 3.63) is 47.7 Å². The van der Waals surface area contributed by atoms with Crippen LogP contribution < -0.4 is 15.5 Å². The second-order valence-corrected chi connectivity index (χ2v) is 8.85. The lowest BCUT2D eigenvalue weighted by Gasteiger charge is -2.16. The Labute approximate surface area is 172 Å². The molecule has 1 aliphatic heterocycles. The average Bonchev–Trinajstić information content (AvgIpc) is 3.23. The Hall–Kier alpha value is -2.21. The first-order valence-corrected chi connectivity index (χ1v) is 10.9. The van der Waals surface area contributed by atoms with Gasteiger partial charge in [-0.1, -0.05) is 19.9 Å². The molecular weight excluding hydrogens is 368 g/mol. The second-order valence-electron chi connectivity index (χ2n) is 7.34. The minimum Gasteiger partial charge on any atom is -0.357 e. The fraction of sp³-hybridized carbons (Fsp3) is 0.455. The maximum absolute atomic E-state index is 12.3. The smallest absolute Gasteiger partial charge is 0.319 e. The van der Waals surface area contributed by atoms with Gasteiger partial charge in [-0.25, -0.2) is 9.78 Å². The number of carbonyl (C=O) groups excluding carboxylic acids is 1. The number of nitrogens with one attached hydrogen (secondary N) is 2. The standard InChI is InChI=1S/C22H30N4OS/c1-4-17(3)28-19-8-9-20(16(2)13-19)25-22(27)24-15-18-7-10-21(23-14-18)26-11-5-6-12-26/h7-10,13-14,17H,4-6,11-12,15H2,1-3H3,(H2,24,25,27). The Morgan fingerprint density at radius 1 is 1.25 bits per heavy atom. The average molecular weight is 399 g/mol. The van der Waals surface area contributed by atoms with E-state index in [1.165, 1.54) is 17.7 Å². The SMILES string of the molecule is CCC(C)Sc1ccc(NC(=O)NCc2ccc(N3CCCC3)nc2)c(C)c1. The first-order chi connectivity index (χ1) is 13.5. The first-order valence-electron chi connectivity index (χ1n) is 10.1. The zero-order valence-electron chi connectivity index (χ0n) is 17.0. The summed E-state index contributed by atoms with van der Waals surface area (Å²) in [6.45, 7) is 9.08. The molecule has 0 bridgehead atoms. The van der Waals surface area contributed by atoms with Gasteiger partial charge in [0.25, 0.3) is 0 Å². The van der Waals surface area contributed by atoms with E-state index in [0.29, 0.717) is 11.8 Å². The van der Waals surface area contributed by atoms with Crippen molar-refractivity contribution in [1.82, 2.24) is 10.3 Å². The maximum atomic E-state index is 12.3. The molecule has 5 nitrogen and oxygen atoms in total. The molecule has 1 aliphatic rings. The Bertz CT molecular complexity index is 788. The van der Waals surface area contributed by atoms with Gasteiger partial charge in [-0.15, -0.1) is 11.8 Å². The van der Waals surface area contributed by atoms with Crippen LogP contribution in [0.25, 0.3) is 0 Å². The fourth-order valence-electron chi connectivity index (χ4n) is 3.17. The number of amides is 2. The van der Waals surface area contributed by atoms with Crippen molar-refractivity contribution in [3.63, 3.8) is 0 Å². The Balaban J connectivity index is 1.50. The van der Waals surface area contributed by atoms with Crippen molar-refractivity contribution in [2.75, 3.05) is 23.3 Å². The lowest BCUT2D eigenvalue weighted by molar-refractivity contribution is 0.251. The number of thioether (sulfide) groups is 1. The summed E-state index contributed by atoms with van der Waals surface area (Å²) in [4.78, 5) is 20.3. The highest BCUT2D eigenvalue weighted by Gasteiger charge is 2.13. The van der Waals surface area contributed by atoms with Crippen LogP contribution in [0.2, 0.25) is 0 Å². The van der Waals surface area contributed by atoms with Gasteiger partial charge in [0.05, 0.1) is 0 Å². The van der Waals surface area contributed by atoms with Crippen LogP contribution in [0, 0.1) is 6.92 Å². The summed E-state index contributed by atoms with van der Waals surface area (Å²) in [5.74, 6) is 1.02. The van der Waals surface area contributed by atoms with E-state index in [1.54, 1.807) is 0 Å². The number of hydrogen-bond acceptors (Lipinski definition) is 4. The van der Waals surface area contributed by atoms with Crippen molar-refractivity contribution >= 4 is 29.3 Å². The fourth-order valence-corrected chi connectivity index (χ4v) is 4.19. The topological polar surface area (TPSA) is 57.3 Å². The van der Waals surface area contributed by atoms with Crippen molar-refractivity contribution in [2.24, 2.45) is 0 Å². The molecule has 2 amide bonds. The molecule has 3 rings (SSSR count). The maximum Gasteiger partial charge on any atom is 0.319 e. The molecule has 2 heterocycles. The van der Waals surface area contributed by atoms with Crippen LogP contribution in [-0.4, -0.2) is 29.4 Å². The number of aryl methyl sites for hydroxylation is 1. The van der Waals surface area contributed by atoms with Crippen LogP contribution in [0.5, 0.6) is 0 Å². The van der Waals surface area contributed by atoms with E-state index in [2.05, 4.69) is 46.5 Å². The molecule has 150 valence electrons. The van der Waals surface area contributed by atoms with E-state index in [1.807, 2.05) is 43.1 Å². The summed E-state index contributed by atoms with van der Waals surface area (Å²) >= 11 is 1.86. The molecule has 0 aliphatic carbocycles. The molecule has 1 aromatic carbocycles. The molecule has 1 unspecified atom stereocenters. The van der Waals surface area contributed by atoms with Gasteiger partial charge in [0, 0.05) is 41.7 Å². The van der Waals surface area contributed by atoms with Gasteiger partial charge >= 0.3 is 6.03 Å². The number of rotatable bonds is 7. The summed E-state index contributed by atoms with van der Waals surface area (Å²) in [5, 5.41) is 6.44. The number of carbonyl (C=O) groups is 1. The monoisotopic (exact) mass is 398 g/mol. The molecule has 2 aromatic rings. The van der Waals surface area contributed by atoms with Gasteiger partial charge in [0.1, 0.15) is 5.82 Å². The Kier molecular flexibility index (Phi) is 7.20. The summed E-state index contributed by atoms with van der Waals surface area (Å²) in [6, 6.07) is 10.1. The summed E-state index contributed by atoms with van der Waals surface area (Å²) in [6.07, 6.45) is 5.46. The van der Waals surface area contributed by atoms with E-state index in [-0.39, 0.29) is 6.03 Å². The predicted molar refractivity (Wildman–Crippen MR) is 118 cm³/mol. The highest BCUT2D eigenvalue weighted by molar-refractivity contribution is 7.99. The molecule has 1 atom stereocenters. The zero-order valence-corrected chi connectivity index (χ0v) is 17.8. The van der Waals surface area contributed by atoms with Crippen LogP contribution in [-0.2, 0) is 6.54 Å². The lowest BCUT2D eigenvalue weighted by atomic mass is 10.2. The number of pyridine rings is 1. The predicted octanol–water partition coefficient (Wildman–Crippen LogP) is 5.20. The molecular formula is C22H30N4OS. The van der Waals surface area contributed by atoms with Crippen LogP contribution >= 0.6 is 11.8 Å². The van der Waals surface area contributed by atoms with Crippen molar-refractivity contribution in [3.8, 4) is 0 Å². The molecule has 28 heavy (non-hydrogen) atoms. The number of nitrogens with zero attached hydrogens (tertiary/aromatic N) is 2. The molecule has 1 fully saturated rings. The van der Waals surface area contributed by atoms with Crippen molar-refractivity contribution < 1.29 is 4.79 Å². The summed E-state index contributed by atoms with van der Waals surface area (Å²) < 4.78 is 0. The van der Waals surface area contributed by atoms with E-state index in [9.17, 15) is 4.79 Å². The molecule has 6 heteroatoms. The van der Waals surface area contributed by atoms with E-state index < -0.39 is 0 Å². The Morgan fingerprint density at radius 2 is 2.04 bits per heavy atom. The van der Waals surface area contributed by atoms with E-state index >= 15 is 0 Å². The summed E-state index contributed by atoms with van der Waals surface area (Å²) in [7, 11) is 0. The van der Waals surface area contributed by atoms with Crippen LogP contribution in [0.15, 0.2) is 41.4 Å². The van der Waals surface area contributed by atoms with Crippen LogP contribution in [0.1, 0.15) is 44.2 Å². The largest absolute Gasteiger partial charge is 0.357 e.